The average Bonchev–Trinajstić information content (AvgIpc) is 3.01. The summed E-state index contributed by atoms with van der Waals surface area (Å²) in [6, 6.07) is 5.53. The molecule has 0 aliphatic heterocycles. The van der Waals surface area contributed by atoms with E-state index >= 15 is 0 Å². The second kappa shape index (κ2) is 7.54. The van der Waals surface area contributed by atoms with Crippen molar-refractivity contribution in [1.82, 2.24) is 15.1 Å². The van der Waals surface area contributed by atoms with E-state index in [4.69, 9.17) is 9.47 Å². The van der Waals surface area contributed by atoms with Gasteiger partial charge < -0.3 is 19.9 Å². The molecule has 6 heteroatoms. The summed E-state index contributed by atoms with van der Waals surface area (Å²) in [5.41, 5.74) is 1.00. The van der Waals surface area contributed by atoms with Gasteiger partial charge >= 0.3 is 0 Å². The number of ether oxygens (including phenoxy) is 2. The third-order valence-electron chi connectivity index (χ3n) is 3.17. The maximum absolute atomic E-state index is 9.85. The van der Waals surface area contributed by atoms with Crippen LogP contribution in [0.4, 0.5) is 0 Å². The number of aromatic hydroxyl groups is 1. The minimum absolute atomic E-state index is 0.0300. The van der Waals surface area contributed by atoms with Gasteiger partial charge in [-0.1, -0.05) is 0 Å². The van der Waals surface area contributed by atoms with Crippen LogP contribution < -0.4 is 14.8 Å². The highest BCUT2D eigenvalue weighted by Gasteiger charge is 2.10. The van der Waals surface area contributed by atoms with E-state index in [1.165, 1.54) is 14.2 Å². The quantitative estimate of drug-likeness (QED) is 0.726. The first-order valence-corrected chi connectivity index (χ1v) is 6.86. The van der Waals surface area contributed by atoms with E-state index in [2.05, 4.69) is 10.4 Å². The van der Waals surface area contributed by atoms with Crippen LogP contribution in [0, 0.1) is 0 Å². The maximum Gasteiger partial charge on any atom is 0.200 e. The Hall–Kier alpha value is -2.21. The molecule has 0 fully saturated rings. The Morgan fingerprint density at radius 2 is 1.95 bits per heavy atom. The molecule has 2 rings (SSSR count). The fraction of sp³-hybridized carbons (Fsp3) is 0.400. The van der Waals surface area contributed by atoms with Gasteiger partial charge in [0.25, 0.3) is 0 Å². The first-order chi connectivity index (χ1) is 10.2. The molecule has 2 N–H and O–H groups in total. The van der Waals surface area contributed by atoms with E-state index < -0.39 is 0 Å². The Labute approximate surface area is 124 Å². The van der Waals surface area contributed by atoms with Gasteiger partial charge in [0.15, 0.2) is 11.5 Å². The number of aromatic nitrogens is 2. The molecular weight excluding hydrogens is 270 g/mol. The SMILES string of the molecule is COc1cc(CNCCCn2cccn2)cc(OC)c1O. The number of methoxy groups -OCH3 is 2. The van der Waals surface area contributed by atoms with E-state index in [1.54, 1.807) is 18.3 Å². The largest absolute Gasteiger partial charge is 0.502 e. The molecule has 6 nitrogen and oxygen atoms in total. The van der Waals surface area contributed by atoms with Crippen molar-refractivity contribution in [3.05, 3.63) is 36.2 Å². The van der Waals surface area contributed by atoms with Crippen LogP contribution in [0.5, 0.6) is 17.2 Å². The number of aryl methyl sites for hydroxylation is 1. The lowest BCUT2D eigenvalue weighted by molar-refractivity contribution is 0.339. The molecule has 0 aliphatic rings. The van der Waals surface area contributed by atoms with Crippen molar-refractivity contribution < 1.29 is 14.6 Å². The first kappa shape index (κ1) is 15.2. The number of rotatable bonds is 8. The topological polar surface area (TPSA) is 68.5 Å². The third-order valence-corrected chi connectivity index (χ3v) is 3.17. The summed E-state index contributed by atoms with van der Waals surface area (Å²) >= 11 is 0. The van der Waals surface area contributed by atoms with Crippen LogP contribution >= 0.6 is 0 Å². The van der Waals surface area contributed by atoms with Crippen LogP contribution in [0.3, 0.4) is 0 Å². The van der Waals surface area contributed by atoms with Crippen LogP contribution in [0.15, 0.2) is 30.6 Å². The third kappa shape index (κ3) is 4.13. The fourth-order valence-electron chi connectivity index (χ4n) is 2.08. The summed E-state index contributed by atoms with van der Waals surface area (Å²) in [5, 5.41) is 17.4. The first-order valence-electron chi connectivity index (χ1n) is 6.86. The molecule has 1 heterocycles. The zero-order valence-electron chi connectivity index (χ0n) is 12.4. The lowest BCUT2D eigenvalue weighted by Gasteiger charge is -2.12. The molecule has 0 unspecified atom stereocenters. The predicted molar refractivity (Wildman–Crippen MR) is 79.8 cm³/mol. The van der Waals surface area contributed by atoms with E-state index in [-0.39, 0.29) is 5.75 Å². The maximum atomic E-state index is 9.85. The normalized spacial score (nSPS) is 10.6. The Balaban J connectivity index is 1.82. The fourth-order valence-corrected chi connectivity index (χ4v) is 2.08. The van der Waals surface area contributed by atoms with Crippen molar-refractivity contribution in [2.75, 3.05) is 20.8 Å². The van der Waals surface area contributed by atoms with Gasteiger partial charge in [-0.2, -0.15) is 5.10 Å². The van der Waals surface area contributed by atoms with Crippen molar-refractivity contribution in [2.24, 2.45) is 0 Å². The van der Waals surface area contributed by atoms with Gasteiger partial charge in [0.05, 0.1) is 14.2 Å². The second-order valence-electron chi connectivity index (χ2n) is 4.65. The van der Waals surface area contributed by atoms with Gasteiger partial charge in [-0.25, -0.2) is 0 Å². The number of hydrogen-bond acceptors (Lipinski definition) is 5. The van der Waals surface area contributed by atoms with Crippen LogP contribution in [0.1, 0.15) is 12.0 Å². The second-order valence-corrected chi connectivity index (χ2v) is 4.65. The van der Waals surface area contributed by atoms with Crippen molar-refractivity contribution >= 4 is 0 Å². The number of nitrogens with zero attached hydrogens (tertiary/aromatic N) is 2. The summed E-state index contributed by atoms with van der Waals surface area (Å²) in [6.07, 6.45) is 4.73. The number of nitrogens with one attached hydrogen (secondary N) is 1. The van der Waals surface area contributed by atoms with Crippen LogP contribution in [-0.4, -0.2) is 35.7 Å². The highest BCUT2D eigenvalue weighted by molar-refractivity contribution is 5.52. The molecule has 114 valence electrons. The smallest absolute Gasteiger partial charge is 0.200 e. The van der Waals surface area contributed by atoms with E-state index in [9.17, 15) is 5.11 Å². The molecule has 0 spiro atoms. The number of benzene rings is 1. The van der Waals surface area contributed by atoms with Crippen LogP contribution in [0.2, 0.25) is 0 Å². The minimum Gasteiger partial charge on any atom is -0.502 e. The summed E-state index contributed by atoms with van der Waals surface area (Å²) in [4.78, 5) is 0. The molecule has 0 saturated heterocycles. The molecule has 0 aliphatic carbocycles. The predicted octanol–water partition coefficient (Wildman–Crippen LogP) is 1.79. The number of hydrogen-bond donors (Lipinski definition) is 2. The lowest BCUT2D eigenvalue weighted by atomic mass is 10.2. The Morgan fingerprint density at radius 3 is 2.52 bits per heavy atom. The van der Waals surface area contributed by atoms with Gasteiger partial charge in [0, 0.05) is 25.5 Å². The van der Waals surface area contributed by atoms with E-state index in [0.717, 1.165) is 25.1 Å². The van der Waals surface area contributed by atoms with Crippen LogP contribution in [-0.2, 0) is 13.1 Å². The van der Waals surface area contributed by atoms with Gasteiger partial charge in [0.2, 0.25) is 5.75 Å². The molecule has 0 amide bonds. The summed E-state index contributed by atoms with van der Waals surface area (Å²) < 4.78 is 12.2. The molecule has 0 saturated carbocycles. The average molecular weight is 291 g/mol. The minimum atomic E-state index is 0.0300. The Bertz CT molecular complexity index is 530. The molecule has 0 atom stereocenters. The summed E-state index contributed by atoms with van der Waals surface area (Å²) in [6.45, 7) is 2.46. The van der Waals surface area contributed by atoms with Crippen LogP contribution in [0.25, 0.3) is 0 Å². The standard InChI is InChI=1S/C15H21N3O3/c1-20-13-9-12(10-14(21-2)15(13)19)11-16-5-3-7-18-8-4-6-17-18/h4,6,8-10,16,19H,3,5,7,11H2,1-2H3. The molecule has 1 aromatic carbocycles. The van der Waals surface area contributed by atoms with Crippen molar-refractivity contribution in [3.8, 4) is 17.2 Å². The van der Waals surface area contributed by atoms with E-state index in [0.29, 0.717) is 18.0 Å². The van der Waals surface area contributed by atoms with Gasteiger partial charge in [-0.05, 0) is 36.7 Å². The summed E-state index contributed by atoms with van der Waals surface area (Å²) in [7, 11) is 3.05. The monoisotopic (exact) mass is 291 g/mol. The van der Waals surface area contributed by atoms with Gasteiger partial charge in [-0.3, -0.25) is 4.68 Å². The number of phenolic OH excluding ortho intramolecular Hbond substituents is 1. The highest BCUT2D eigenvalue weighted by atomic mass is 16.5. The van der Waals surface area contributed by atoms with Gasteiger partial charge in [0.1, 0.15) is 0 Å². The Kier molecular flexibility index (Phi) is 5.45. The van der Waals surface area contributed by atoms with E-state index in [1.807, 2.05) is 16.9 Å². The number of phenols is 1. The van der Waals surface area contributed by atoms with Crippen molar-refractivity contribution in [3.63, 3.8) is 0 Å². The summed E-state index contributed by atoms with van der Waals surface area (Å²) in [5.74, 6) is 0.868. The zero-order chi connectivity index (χ0) is 15.1. The highest BCUT2D eigenvalue weighted by Crippen LogP contribution is 2.36. The zero-order valence-corrected chi connectivity index (χ0v) is 12.4. The van der Waals surface area contributed by atoms with Crippen molar-refractivity contribution in [1.29, 1.82) is 0 Å². The molecule has 1 aromatic heterocycles. The lowest BCUT2D eigenvalue weighted by Crippen LogP contribution is -2.16. The molecule has 21 heavy (non-hydrogen) atoms. The molecule has 0 bridgehead atoms. The molecule has 0 radical (unpaired) electrons. The molecule has 2 aromatic rings. The Morgan fingerprint density at radius 1 is 1.24 bits per heavy atom. The van der Waals surface area contributed by atoms with Crippen molar-refractivity contribution in [2.45, 2.75) is 19.5 Å². The van der Waals surface area contributed by atoms with Gasteiger partial charge in [-0.15, -0.1) is 0 Å². The molecular formula is C15H21N3O3.